The van der Waals surface area contributed by atoms with E-state index in [0.29, 0.717) is 17.5 Å². The van der Waals surface area contributed by atoms with Gasteiger partial charge in [-0.25, -0.2) is 13.1 Å². The zero-order valence-electron chi connectivity index (χ0n) is 13.7. The van der Waals surface area contributed by atoms with Crippen molar-refractivity contribution in [1.82, 2.24) is 10.0 Å². The molecular weight excluding hydrogens is 284 g/mol. The molecule has 120 valence electrons. The van der Waals surface area contributed by atoms with Crippen molar-refractivity contribution in [1.29, 1.82) is 0 Å². The van der Waals surface area contributed by atoms with Crippen LogP contribution < -0.4 is 10.0 Å². The molecule has 21 heavy (non-hydrogen) atoms. The standard InChI is InChI=1S/C16H28N2O2S/c1-6-11-18-21(19,20)14-9-7-13(8-10-14)12-15(17-5)16(2,3)4/h7-10,15,17-18H,6,11-12H2,1-5H3. The van der Waals surface area contributed by atoms with E-state index in [-0.39, 0.29) is 5.41 Å². The Hall–Kier alpha value is -0.910. The summed E-state index contributed by atoms with van der Waals surface area (Å²) in [6.45, 7) is 9.00. The van der Waals surface area contributed by atoms with E-state index < -0.39 is 10.0 Å². The molecule has 1 rings (SSSR count). The predicted molar refractivity (Wildman–Crippen MR) is 87.9 cm³/mol. The third kappa shape index (κ3) is 5.41. The molecule has 0 heterocycles. The van der Waals surface area contributed by atoms with Gasteiger partial charge in [0.05, 0.1) is 4.90 Å². The SMILES string of the molecule is CCCNS(=O)(=O)c1ccc(CC(NC)C(C)(C)C)cc1. The summed E-state index contributed by atoms with van der Waals surface area (Å²) in [4.78, 5) is 0.330. The Morgan fingerprint density at radius 2 is 1.71 bits per heavy atom. The number of hydrogen-bond donors (Lipinski definition) is 2. The minimum absolute atomic E-state index is 0.155. The van der Waals surface area contributed by atoms with E-state index in [1.807, 2.05) is 26.1 Å². The normalized spacial score (nSPS) is 14.1. The van der Waals surface area contributed by atoms with Gasteiger partial charge in [0.1, 0.15) is 0 Å². The summed E-state index contributed by atoms with van der Waals surface area (Å²) in [6.07, 6.45) is 1.66. The first-order valence-electron chi connectivity index (χ1n) is 7.46. The average Bonchev–Trinajstić information content (AvgIpc) is 2.42. The zero-order chi connectivity index (χ0) is 16.1. The topological polar surface area (TPSA) is 58.2 Å². The van der Waals surface area contributed by atoms with Gasteiger partial charge in [-0.05, 0) is 43.0 Å². The van der Waals surface area contributed by atoms with Crippen molar-refractivity contribution < 1.29 is 8.42 Å². The van der Waals surface area contributed by atoms with E-state index in [1.165, 1.54) is 0 Å². The van der Waals surface area contributed by atoms with Gasteiger partial charge in [-0.15, -0.1) is 0 Å². The first-order valence-corrected chi connectivity index (χ1v) is 8.95. The monoisotopic (exact) mass is 312 g/mol. The summed E-state index contributed by atoms with van der Waals surface area (Å²) >= 11 is 0. The van der Waals surface area contributed by atoms with E-state index in [1.54, 1.807) is 12.1 Å². The van der Waals surface area contributed by atoms with Crippen LogP contribution in [0.5, 0.6) is 0 Å². The molecule has 5 heteroatoms. The largest absolute Gasteiger partial charge is 0.316 e. The fraction of sp³-hybridized carbons (Fsp3) is 0.625. The van der Waals surface area contributed by atoms with Crippen molar-refractivity contribution >= 4 is 10.0 Å². The molecule has 1 unspecified atom stereocenters. The molecule has 1 aromatic rings. The number of rotatable bonds is 7. The van der Waals surface area contributed by atoms with Crippen molar-refractivity contribution in [2.45, 2.75) is 51.5 Å². The molecule has 0 radical (unpaired) electrons. The summed E-state index contributed by atoms with van der Waals surface area (Å²) in [6, 6.07) is 7.51. The summed E-state index contributed by atoms with van der Waals surface area (Å²) in [5, 5.41) is 3.33. The highest BCUT2D eigenvalue weighted by Gasteiger charge is 2.23. The van der Waals surface area contributed by atoms with E-state index in [4.69, 9.17) is 0 Å². The molecule has 1 atom stereocenters. The summed E-state index contributed by atoms with van der Waals surface area (Å²) < 4.78 is 26.6. The van der Waals surface area contributed by atoms with Crippen LogP contribution >= 0.6 is 0 Å². The van der Waals surface area contributed by atoms with Gasteiger partial charge >= 0.3 is 0 Å². The Balaban J connectivity index is 2.83. The quantitative estimate of drug-likeness (QED) is 0.813. The van der Waals surface area contributed by atoms with Gasteiger partial charge in [-0.2, -0.15) is 0 Å². The first-order chi connectivity index (χ1) is 9.70. The van der Waals surface area contributed by atoms with Crippen molar-refractivity contribution in [3.05, 3.63) is 29.8 Å². The van der Waals surface area contributed by atoms with Gasteiger partial charge in [0, 0.05) is 12.6 Å². The van der Waals surface area contributed by atoms with Crippen molar-refractivity contribution in [2.75, 3.05) is 13.6 Å². The lowest BCUT2D eigenvalue weighted by Crippen LogP contribution is -2.39. The Morgan fingerprint density at radius 3 is 2.14 bits per heavy atom. The Labute approximate surface area is 129 Å². The maximum absolute atomic E-state index is 12.0. The maximum atomic E-state index is 12.0. The molecule has 0 aliphatic heterocycles. The number of likely N-dealkylation sites (N-methyl/N-ethyl adjacent to an activating group) is 1. The van der Waals surface area contributed by atoms with Gasteiger partial charge in [0.15, 0.2) is 0 Å². The molecule has 0 spiro atoms. The fourth-order valence-electron chi connectivity index (χ4n) is 2.20. The van der Waals surface area contributed by atoms with Crippen LogP contribution in [0.4, 0.5) is 0 Å². The average molecular weight is 312 g/mol. The van der Waals surface area contributed by atoms with Crippen LogP contribution in [0.1, 0.15) is 39.7 Å². The molecule has 0 saturated heterocycles. The number of hydrogen-bond acceptors (Lipinski definition) is 3. The summed E-state index contributed by atoms with van der Waals surface area (Å²) in [5.74, 6) is 0. The van der Waals surface area contributed by atoms with E-state index in [2.05, 4.69) is 30.8 Å². The minimum Gasteiger partial charge on any atom is -0.316 e. The van der Waals surface area contributed by atoms with Crippen molar-refractivity contribution in [2.24, 2.45) is 5.41 Å². The van der Waals surface area contributed by atoms with Gasteiger partial charge in [-0.1, -0.05) is 39.8 Å². The maximum Gasteiger partial charge on any atom is 0.240 e. The van der Waals surface area contributed by atoms with Gasteiger partial charge < -0.3 is 5.32 Å². The molecule has 4 nitrogen and oxygen atoms in total. The third-order valence-corrected chi connectivity index (χ3v) is 5.09. The van der Waals surface area contributed by atoms with Gasteiger partial charge in [0.25, 0.3) is 0 Å². The Bertz CT molecular complexity index is 530. The molecule has 0 aliphatic carbocycles. The van der Waals surface area contributed by atoms with E-state index >= 15 is 0 Å². The molecule has 0 fully saturated rings. The first kappa shape index (κ1) is 18.1. The van der Waals surface area contributed by atoms with Gasteiger partial charge in [-0.3, -0.25) is 0 Å². The molecule has 0 bridgehead atoms. The van der Waals surface area contributed by atoms with Crippen LogP contribution in [0.3, 0.4) is 0 Å². The highest BCUT2D eigenvalue weighted by molar-refractivity contribution is 7.89. The lowest BCUT2D eigenvalue weighted by molar-refractivity contribution is 0.280. The second kappa shape index (κ2) is 7.38. The minimum atomic E-state index is -3.37. The third-order valence-electron chi connectivity index (χ3n) is 3.61. The molecular formula is C16H28N2O2S. The molecule has 0 aromatic heterocycles. The highest BCUT2D eigenvalue weighted by atomic mass is 32.2. The van der Waals surface area contributed by atoms with Crippen LogP contribution in [-0.4, -0.2) is 28.1 Å². The van der Waals surface area contributed by atoms with E-state index in [0.717, 1.165) is 18.4 Å². The number of sulfonamides is 1. The van der Waals surface area contributed by atoms with Crippen LogP contribution in [0.2, 0.25) is 0 Å². The number of benzene rings is 1. The molecule has 0 aliphatic rings. The second-order valence-corrected chi connectivity index (χ2v) is 8.22. The van der Waals surface area contributed by atoms with Crippen molar-refractivity contribution in [3.63, 3.8) is 0 Å². The summed E-state index contributed by atoms with van der Waals surface area (Å²) in [7, 11) is -1.41. The number of nitrogens with one attached hydrogen (secondary N) is 2. The van der Waals surface area contributed by atoms with Crippen LogP contribution in [0.15, 0.2) is 29.2 Å². The molecule has 2 N–H and O–H groups in total. The van der Waals surface area contributed by atoms with Crippen LogP contribution in [-0.2, 0) is 16.4 Å². The zero-order valence-corrected chi connectivity index (χ0v) is 14.5. The highest BCUT2D eigenvalue weighted by Crippen LogP contribution is 2.23. The lowest BCUT2D eigenvalue weighted by Gasteiger charge is -2.30. The lowest BCUT2D eigenvalue weighted by atomic mass is 9.83. The van der Waals surface area contributed by atoms with Crippen LogP contribution in [0, 0.1) is 5.41 Å². The molecule has 0 amide bonds. The Kier molecular flexibility index (Phi) is 6.38. The molecule has 1 aromatic carbocycles. The van der Waals surface area contributed by atoms with Crippen molar-refractivity contribution in [3.8, 4) is 0 Å². The Morgan fingerprint density at radius 1 is 1.14 bits per heavy atom. The predicted octanol–water partition coefficient (Wildman–Crippen LogP) is 2.55. The smallest absolute Gasteiger partial charge is 0.240 e. The second-order valence-electron chi connectivity index (χ2n) is 6.45. The van der Waals surface area contributed by atoms with E-state index in [9.17, 15) is 8.42 Å². The molecule has 0 saturated carbocycles. The van der Waals surface area contributed by atoms with Crippen LogP contribution in [0.25, 0.3) is 0 Å². The summed E-state index contributed by atoms with van der Waals surface area (Å²) in [5.41, 5.74) is 1.29. The van der Waals surface area contributed by atoms with Gasteiger partial charge in [0.2, 0.25) is 10.0 Å². The fourth-order valence-corrected chi connectivity index (χ4v) is 3.34.